The van der Waals surface area contributed by atoms with Crippen LogP contribution < -0.4 is 10.6 Å². The van der Waals surface area contributed by atoms with E-state index in [4.69, 9.17) is 9.47 Å². The van der Waals surface area contributed by atoms with Crippen LogP contribution in [0.4, 0.5) is 11.4 Å². The maximum Gasteiger partial charge on any atom is 0.333 e. The largest absolute Gasteiger partial charge is 0.452 e. The molecule has 0 aromatic heterocycles. The Morgan fingerprint density at radius 3 is 1.30 bits per heavy atom. The topological polar surface area (TPSA) is 111 Å². The van der Waals surface area contributed by atoms with Crippen molar-refractivity contribution in [2.45, 2.75) is 20.3 Å². The average molecular weight is 450 g/mol. The lowest BCUT2D eigenvalue weighted by Gasteiger charge is -2.09. The van der Waals surface area contributed by atoms with Gasteiger partial charge in [0.15, 0.2) is 13.2 Å². The van der Waals surface area contributed by atoms with Crippen molar-refractivity contribution in [1.29, 1.82) is 0 Å². The van der Waals surface area contributed by atoms with Gasteiger partial charge in [-0.25, -0.2) is 9.59 Å². The number of anilines is 2. The van der Waals surface area contributed by atoms with Gasteiger partial charge in [-0.1, -0.05) is 37.4 Å². The molecule has 172 valence electrons. The Morgan fingerprint density at radius 2 is 1.00 bits per heavy atom. The van der Waals surface area contributed by atoms with Crippen LogP contribution in [0.2, 0.25) is 0 Å². The van der Waals surface area contributed by atoms with Crippen LogP contribution in [0, 0.1) is 0 Å². The second kappa shape index (κ2) is 12.0. The number of carbonyl (C=O) groups is 4. The van der Waals surface area contributed by atoms with E-state index in [1.54, 1.807) is 24.3 Å². The van der Waals surface area contributed by atoms with Gasteiger partial charge in [0, 0.05) is 22.5 Å². The maximum absolute atomic E-state index is 11.9. The van der Waals surface area contributed by atoms with Crippen molar-refractivity contribution in [3.05, 3.63) is 84.0 Å². The maximum atomic E-state index is 11.9. The molecule has 0 saturated carbocycles. The fourth-order valence-electron chi connectivity index (χ4n) is 2.55. The molecular formula is C25H26N2O6. The number of benzene rings is 2. The highest BCUT2D eigenvalue weighted by Gasteiger charge is 2.09. The minimum absolute atomic E-state index is 0.228. The molecule has 0 heterocycles. The fourth-order valence-corrected chi connectivity index (χ4v) is 2.55. The van der Waals surface area contributed by atoms with Crippen molar-refractivity contribution in [3.8, 4) is 0 Å². The summed E-state index contributed by atoms with van der Waals surface area (Å²) in [5, 5.41) is 5.31. The summed E-state index contributed by atoms with van der Waals surface area (Å²) in [6.45, 7) is 9.16. The minimum atomic E-state index is -0.614. The highest BCUT2D eigenvalue weighted by atomic mass is 16.5. The summed E-state index contributed by atoms with van der Waals surface area (Å²) in [5.41, 5.74) is 3.66. The molecule has 2 N–H and O–H groups in total. The van der Waals surface area contributed by atoms with Crippen LogP contribution in [-0.4, -0.2) is 37.0 Å². The Kier molecular flexibility index (Phi) is 9.11. The first kappa shape index (κ1) is 25.1. The molecule has 0 fully saturated rings. The molecule has 0 unspecified atom stereocenters. The Morgan fingerprint density at radius 1 is 0.667 bits per heavy atom. The molecule has 0 aliphatic rings. The number of esters is 2. The number of rotatable bonds is 10. The third-order valence-electron chi connectivity index (χ3n) is 4.25. The smallest absolute Gasteiger partial charge is 0.333 e. The van der Waals surface area contributed by atoms with Crippen molar-refractivity contribution < 1.29 is 28.7 Å². The van der Waals surface area contributed by atoms with Gasteiger partial charge in [0.2, 0.25) is 0 Å². The van der Waals surface area contributed by atoms with Crippen molar-refractivity contribution in [3.63, 3.8) is 0 Å². The lowest BCUT2D eigenvalue weighted by Crippen LogP contribution is -2.21. The van der Waals surface area contributed by atoms with E-state index >= 15 is 0 Å². The van der Waals surface area contributed by atoms with Crippen molar-refractivity contribution in [2.24, 2.45) is 0 Å². The van der Waals surface area contributed by atoms with E-state index in [1.165, 1.54) is 13.8 Å². The van der Waals surface area contributed by atoms with E-state index in [1.807, 2.05) is 24.3 Å². The molecule has 0 aliphatic heterocycles. The van der Waals surface area contributed by atoms with Crippen molar-refractivity contribution in [1.82, 2.24) is 0 Å². The Bertz CT molecular complexity index is 970. The number of amides is 2. The Labute approximate surface area is 192 Å². The number of hydrogen-bond donors (Lipinski definition) is 2. The normalized spacial score (nSPS) is 10.0. The van der Waals surface area contributed by atoms with Crippen LogP contribution in [0.15, 0.2) is 72.8 Å². The zero-order chi connectivity index (χ0) is 24.4. The molecule has 0 bridgehead atoms. The molecule has 0 aliphatic carbocycles. The van der Waals surface area contributed by atoms with Crippen LogP contribution in [0.25, 0.3) is 0 Å². The summed E-state index contributed by atoms with van der Waals surface area (Å²) in [6, 6.07) is 14.5. The van der Waals surface area contributed by atoms with Crippen LogP contribution >= 0.6 is 0 Å². The van der Waals surface area contributed by atoms with Gasteiger partial charge >= 0.3 is 11.9 Å². The molecule has 8 heteroatoms. The molecule has 2 aromatic rings. The molecule has 33 heavy (non-hydrogen) atoms. The third kappa shape index (κ3) is 8.82. The number of carbonyl (C=O) groups excluding carboxylic acids is 4. The third-order valence-corrected chi connectivity index (χ3v) is 4.25. The zero-order valence-corrected chi connectivity index (χ0v) is 18.6. The van der Waals surface area contributed by atoms with Crippen molar-refractivity contribution >= 4 is 35.1 Å². The lowest BCUT2D eigenvalue weighted by atomic mass is 10.0. The number of ether oxygens (including phenoxy) is 2. The molecular weight excluding hydrogens is 424 g/mol. The van der Waals surface area contributed by atoms with Gasteiger partial charge in [0.25, 0.3) is 11.8 Å². The van der Waals surface area contributed by atoms with Gasteiger partial charge in [-0.05, 0) is 55.7 Å². The van der Waals surface area contributed by atoms with Gasteiger partial charge in [0.05, 0.1) is 0 Å². The lowest BCUT2D eigenvalue weighted by molar-refractivity contribution is -0.143. The van der Waals surface area contributed by atoms with Gasteiger partial charge < -0.3 is 20.1 Å². The summed E-state index contributed by atoms with van der Waals surface area (Å²) in [5.74, 6) is -2.11. The second-order valence-electron chi connectivity index (χ2n) is 7.38. The van der Waals surface area contributed by atoms with Gasteiger partial charge in [-0.15, -0.1) is 0 Å². The standard InChI is InChI=1S/C25H26N2O6/c1-16(2)24(30)32-14-22(28)26-20-9-5-18(6-10-20)13-19-7-11-21(12-8-19)27-23(29)15-33-25(31)17(3)4/h5-12H,1,3,13-15H2,2,4H3,(H,26,28)(H,27,29). The summed E-state index contributed by atoms with van der Waals surface area (Å²) < 4.78 is 9.61. The number of hydrogen-bond acceptors (Lipinski definition) is 6. The minimum Gasteiger partial charge on any atom is -0.452 e. The van der Waals surface area contributed by atoms with Crippen LogP contribution in [0.1, 0.15) is 25.0 Å². The van der Waals surface area contributed by atoms with Crippen LogP contribution in [-0.2, 0) is 35.1 Å². The summed E-state index contributed by atoms with van der Waals surface area (Å²) in [7, 11) is 0. The van der Waals surface area contributed by atoms with Crippen molar-refractivity contribution in [2.75, 3.05) is 23.8 Å². The first-order valence-electron chi connectivity index (χ1n) is 10.1. The molecule has 0 radical (unpaired) electrons. The summed E-state index contributed by atoms with van der Waals surface area (Å²) in [6.07, 6.45) is 0.648. The highest BCUT2D eigenvalue weighted by Crippen LogP contribution is 2.16. The second-order valence-corrected chi connectivity index (χ2v) is 7.38. The van der Waals surface area contributed by atoms with E-state index in [2.05, 4.69) is 23.8 Å². The van der Waals surface area contributed by atoms with E-state index < -0.39 is 23.8 Å². The molecule has 8 nitrogen and oxygen atoms in total. The predicted molar refractivity (Wildman–Crippen MR) is 124 cm³/mol. The van der Waals surface area contributed by atoms with Gasteiger partial charge in [-0.3, -0.25) is 9.59 Å². The zero-order valence-electron chi connectivity index (χ0n) is 18.6. The molecule has 0 spiro atoms. The van der Waals surface area contributed by atoms with E-state index in [9.17, 15) is 19.2 Å². The number of nitrogens with one attached hydrogen (secondary N) is 2. The van der Waals surface area contributed by atoms with E-state index in [0.717, 1.165) is 11.1 Å². The molecule has 2 aromatic carbocycles. The van der Waals surface area contributed by atoms with E-state index in [0.29, 0.717) is 17.8 Å². The Balaban J connectivity index is 1.82. The van der Waals surface area contributed by atoms with E-state index in [-0.39, 0.29) is 24.4 Å². The fraction of sp³-hybridized carbons (Fsp3) is 0.200. The first-order valence-corrected chi connectivity index (χ1v) is 10.1. The Hall–Kier alpha value is -4.20. The monoisotopic (exact) mass is 450 g/mol. The molecule has 0 saturated heterocycles. The quantitative estimate of drug-likeness (QED) is 0.424. The first-order chi connectivity index (χ1) is 15.6. The molecule has 0 atom stereocenters. The molecule has 2 amide bonds. The SMILES string of the molecule is C=C(C)C(=O)OCC(=O)Nc1ccc(Cc2ccc(NC(=O)COC(=O)C(=C)C)cc2)cc1. The highest BCUT2D eigenvalue weighted by molar-refractivity contribution is 5.95. The summed E-state index contributed by atoms with van der Waals surface area (Å²) in [4.78, 5) is 46.4. The molecule has 2 rings (SSSR count). The van der Waals surface area contributed by atoms with Crippen LogP contribution in [0.3, 0.4) is 0 Å². The summed E-state index contributed by atoms with van der Waals surface area (Å²) >= 11 is 0. The predicted octanol–water partition coefficient (Wildman–Crippen LogP) is 3.39. The van der Waals surface area contributed by atoms with Gasteiger partial charge in [-0.2, -0.15) is 0 Å². The van der Waals surface area contributed by atoms with Crippen LogP contribution in [0.5, 0.6) is 0 Å². The van der Waals surface area contributed by atoms with Gasteiger partial charge in [0.1, 0.15) is 0 Å². The average Bonchev–Trinajstić information content (AvgIpc) is 2.78.